The van der Waals surface area contributed by atoms with E-state index in [1.807, 2.05) is 31.2 Å². The number of benzene rings is 1. The highest BCUT2D eigenvalue weighted by Gasteiger charge is 2.05. The molecule has 0 aliphatic rings. The molecule has 0 heterocycles. The quantitative estimate of drug-likeness (QED) is 0.808. The lowest BCUT2D eigenvalue weighted by Crippen LogP contribution is -2.10. The molecule has 1 rings (SSSR count). The van der Waals surface area contributed by atoms with E-state index in [1.165, 1.54) is 5.56 Å². The van der Waals surface area contributed by atoms with Crippen LogP contribution in [0.15, 0.2) is 40.9 Å². The summed E-state index contributed by atoms with van der Waals surface area (Å²) in [6.45, 7) is 5.82. The van der Waals surface area contributed by atoms with E-state index in [-0.39, 0.29) is 6.10 Å². The molecule has 2 heteroatoms. The summed E-state index contributed by atoms with van der Waals surface area (Å²) in [7, 11) is 0. The summed E-state index contributed by atoms with van der Waals surface area (Å²) in [5.74, 6) is 0. The molecule has 1 atom stereocenters. The summed E-state index contributed by atoms with van der Waals surface area (Å²) in [6, 6.07) is 8.07. The fraction of sp³-hybridized carbons (Fsp3) is 0.385. The minimum Gasteiger partial charge on any atom is -0.393 e. The first kappa shape index (κ1) is 12.5. The lowest BCUT2D eigenvalue weighted by molar-refractivity contribution is 0.165. The Morgan fingerprint density at radius 3 is 2.53 bits per heavy atom. The Morgan fingerprint density at radius 1 is 1.40 bits per heavy atom. The van der Waals surface area contributed by atoms with E-state index < -0.39 is 0 Å². The summed E-state index contributed by atoms with van der Waals surface area (Å²) >= 11 is 3.39. The minimum atomic E-state index is -0.261. The molecule has 0 amide bonds. The Kier molecular flexibility index (Phi) is 5.06. The van der Waals surface area contributed by atoms with Gasteiger partial charge < -0.3 is 5.11 Å². The van der Waals surface area contributed by atoms with Gasteiger partial charge in [-0.1, -0.05) is 33.6 Å². The number of aliphatic hydroxyl groups is 1. The van der Waals surface area contributed by atoms with Crippen molar-refractivity contribution >= 4 is 15.9 Å². The third-order valence-corrected chi connectivity index (χ3v) is 2.82. The first-order valence-corrected chi connectivity index (χ1v) is 5.94. The molecule has 0 saturated heterocycles. The summed E-state index contributed by atoms with van der Waals surface area (Å²) < 4.78 is 1.07. The fourth-order valence-electron chi connectivity index (χ4n) is 1.41. The van der Waals surface area contributed by atoms with Crippen molar-refractivity contribution in [3.05, 3.63) is 46.5 Å². The molecule has 0 spiro atoms. The van der Waals surface area contributed by atoms with Crippen LogP contribution in [0.1, 0.15) is 25.3 Å². The van der Waals surface area contributed by atoms with Crippen molar-refractivity contribution in [3.63, 3.8) is 0 Å². The molecule has 15 heavy (non-hydrogen) atoms. The van der Waals surface area contributed by atoms with E-state index >= 15 is 0 Å². The Labute approximate surface area is 100.0 Å². The van der Waals surface area contributed by atoms with Crippen LogP contribution in [0.2, 0.25) is 0 Å². The smallest absolute Gasteiger partial charge is 0.0583 e. The van der Waals surface area contributed by atoms with Crippen molar-refractivity contribution in [3.8, 4) is 0 Å². The van der Waals surface area contributed by atoms with Crippen molar-refractivity contribution in [2.24, 2.45) is 0 Å². The second-order valence-electron chi connectivity index (χ2n) is 3.98. The maximum atomic E-state index is 9.77. The van der Waals surface area contributed by atoms with Crippen molar-refractivity contribution in [1.82, 2.24) is 0 Å². The van der Waals surface area contributed by atoms with Crippen LogP contribution in [-0.2, 0) is 6.42 Å². The van der Waals surface area contributed by atoms with Crippen LogP contribution in [-0.4, -0.2) is 11.2 Å². The van der Waals surface area contributed by atoms with Gasteiger partial charge in [0.25, 0.3) is 0 Å². The minimum absolute atomic E-state index is 0.261. The normalized spacial score (nSPS) is 12.5. The molecule has 82 valence electrons. The third kappa shape index (κ3) is 5.14. The summed E-state index contributed by atoms with van der Waals surface area (Å²) in [5, 5.41) is 9.77. The molecular formula is C13H17BrO. The van der Waals surface area contributed by atoms with E-state index in [4.69, 9.17) is 0 Å². The van der Waals surface area contributed by atoms with Crippen LogP contribution >= 0.6 is 15.9 Å². The second-order valence-corrected chi connectivity index (χ2v) is 4.90. The fourth-order valence-corrected chi connectivity index (χ4v) is 1.67. The van der Waals surface area contributed by atoms with Crippen molar-refractivity contribution < 1.29 is 5.11 Å². The highest BCUT2D eigenvalue weighted by Crippen LogP contribution is 2.14. The SMILES string of the molecule is C=C(C)CCC(O)Cc1ccc(Br)cc1. The Bertz CT molecular complexity index is 316. The zero-order chi connectivity index (χ0) is 11.3. The van der Waals surface area contributed by atoms with Gasteiger partial charge in [-0.05, 0) is 43.9 Å². The number of rotatable bonds is 5. The lowest BCUT2D eigenvalue weighted by Gasteiger charge is -2.10. The number of aliphatic hydroxyl groups excluding tert-OH is 1. The standard InChI is InChI=1S/C13H17BrO/c1-10(2)3-8-13(15)9-11-4-6-12(14)7-5-11/h4-7,13,15H,1,3,8-9H2,2H3. The largest absolute Gasteiger partial charge is 0.393 e. The van der Waals surface area contributed by atoms with Crippen LogP contribution in [0.25, 0.3) is 0 Å². The van der Waals surface area contributed by atoms with Gasteiger partial charge in [-0.2, -0.15) is 0 Å². The molecule has 1 nitrogen and oxygen atoms in total. The highest BCUT2D eigenvalue weighted by molar-refractivity contribution is 9.10. The molecule has 1 aromatic rings. The molecule has 0 aliphatic carbocycles. The Balaban J connectivity index is 2.40. The van der Waals surface area contributed by atoms with Gasteiger partial charge in [0.1, 0.15) is 0 Å². The topological polar surface area (TPSA) is 20.2 Å². The first-order chi connectivity index (χ1) is 7.08. The van der Waals surface area contributed by atoms with Crippen LogP contribution in [0.3, 0.4) is 0 Å². The molecule has 0 radical (unpaired) electrons. The van der Waals surface area contributed by atoms with Gasteiger partial charge in [0.15, 0.2) is 0 Å². The van der Waals surface area contributed by atoms with Crippen molar-refractivity contribution in [2.45, 2.75) is 32.3 Å². The van der Waals surface area contributed by atoms with Crippen LogP contribution < -0.4 is 0 Å². The predicted molar refractivity (Wildman–Crippen MR) is 67.9 cm³/mol. The van der Waals surface area contributed by atoms with E-state index in [0.29, 0.717) is 0 Å². The summed E-state index contributed by atoms with van der Waals surface area (Å²) in [5.41, 5.74) is 2.30. The average Bonchev–Trinajstić information content (AvgIpc) is 2.19. The van der Waals surface area contributed by atoms with Crippen molar-refractivity contribution in [1.29, 1.82) is 0 Å². The molecule has 1 unspecified atom stereocenters. The van der Waals surface area contributed by atoms with Crippen molar-refractivity contribution in [2.75, 3.05) is 0 Å². The van der Waals surface area contributed by atoms with Gasteiger partial charge in [-0.15, -0.1) is 6.58 Å². The van der Waals surface area contributed by atoms with E-state index in [1.54, 1.807) is 0 Å². The van der Waals surface area contributed by atoms with E-state index in [2.05, 4.69) is 22.5 Å². The third-order valence-electron chi connectivity index (χ3n) is 2.29. The average molecular weight is 269 g/mol. The maximum Gasteiger partial charge on any atom is 0.0583 e. The number of hydrogen-bond donors (Lipinski definition) is 1. The highest BCUT2D eigenvalue weighted by atomic mass is 79.9. The maximum absolute atomic E-state index is 9.77. The Hall–Kier alpha value is -0.600. The number of allylic oxidation sites excluding steroid dienone is 1. The van der Waals surface area contributed by atoms with Gasteiger partial charge in [-0.3, -0.25) is 0 Å². The van der Waals surface area contributed by atoms with Gasteiger partial charge in [-0.25, -0.2) is 0 Å². The van der Waals surface area contributed by atoms with Gasteiger partial charge >= 0.3 is 0 Å². The van der Waals surface area contributed by atoms with E-state index in [9.17, 15) is 5.11 Å². The molecule has 0 aromatic heterocycles. The monoisotopic (exact) mass is 268 g/mol. The van der Waals surface area contributed by atoms with E-state index in [0.717, 1.165) is 29.3 Å². The van der Waals surface area contributed by atoms with Crippen LogP contribution in [0.4, 0.5) is 0 Å². The molecule has 0 saturated carbocycles. The molecular weight excluding hydrogens is 252 g/mol. The molecule has 0 aliphatic heterocycles. The second kappa shape index (κ2) is 6.09. The zero-order valence-corrected chi connectivity index (χ0v) is 10.6. The summed E-state index contributed by atoms with van der Waals surface area (Å²) in [6.07, 6.45) is 2.16. The molecule has 0 fully saturated rings. The predicted octanol–water partition coefficient (Wildman–Crippen LogP) is 3.71. The van der Waals surface area contributed by atoms with Gasteiger partial charge in [0, 0.05) is 4.47 Å². The zero-order valence-electron chi connectivity index (χ0n) is 9.04. The Morgan fingerprint density at radius 2 is 2.00 bits per heavy atom. The van der Waals surface area contributed by atoms with Crippen LogP contribution in [0.5, 0.6) is 0 Å². The molecule has 0 bridgehead atoms. The van der Waals surface area contributed by atoms with Gasteiger partial charge in [0.05, 0.1) is 6.10 Å². The lowest BCUT2D eigenvalue weighted by atomic mass is 10.0. The number of halogens is 1. The van der Waals surface area contributed by atoms with Crippen LogP contribution in [0, 0.1) is 0 Å². The molecule has 1 aromatic carbocycles. The molecule has 1 N–H and O–H groups in total. The number of hydrogen-bond acceptors (Lipinski definition) is 1. The van der Waals surface area contributed by atoms with Gasteiger partial charge in [0.2, 0.25) is 0 Å². The summed E-state index contributed by atoms with van der Waals surface area (Å²) in [4.78, 5) is 0. The first-order valence-electron chi connectivity index (χ1n) is 5.15.